The Balaban J connectivity index is 1.41. The van der Waals surface area contributed by atoms with Gasteiger partial charge in [-0.25, -0.2) is 0 Å². The van der Waals surface area contributed by atoms with Crippen LogP contribution in [0.15, 0.2) is 6.20 Å². The van der Waals surface area contributed by atoms with Crippen LogP contribution in [-0.2, 0) is 4.74 Å². The molecule has 0 aromatic carbocycles. The number of ether oxygens (including phenoxy) is 1. The first-order chi connectivity index (χ1) is 12.1. The molecule has 1 aromatic heterocycles. The molecule has 1 saturated carbocycles. The van der Waals surface area contributed by atoms with E-state index in [0.29, 0.717) is 19.0 Å². The van der Waals surface area contributed by atoms with Crippen molar-refractivity contribution in [2.45, 2.75) is 57.7 Å². The summed E-state index contributed by atoms with van der Waals surface area (Å²) >= 11 is 0. The van der Waals surface area contributed by atoms with Crippen LogP contribution in [0.2, 0.25) is 0 Å². The minimum atomic E-state index is 0.0914. The number of morpholine rings is 1. The van der Waals surface area contributed by atoms with Gasteiger partial charge in [0.15, 0.2) is 0 Å². The van der Waals surface area contributed by atoms with Gasteiger partial charge in [0.05, 0.1) is 29.7 Å². The first-order valence-corrected chi connectivity index (χ1v) is 9.80. The summed E-state index contributed by atoms with van der Waals surface area (Å²) in [6, 6.07) is 0. The Bertz CT molecular complexity index is 594. The number of amides is 1. The van der Waals surface area contributed by atoms with Gasteiger partial charge in [-0.1, -0.05) is 0 Å². The molecule has 0 bridgehead atoms. The summed E-state index contributed by atoms with van der Waals surface area (Å²) in [5, 5.41) is 7.35. The molecule has 2 saturated heterocycles. The van der Waals surface area contributed by atoms with Crippen molar-refractivity contribution in [2.75, 3.05) is 32.7 Å². The second-order valence-electron chi connectivity index (χ2n) is 8.18. The maximum atomic E-state index is 13.0. The summed E-state index contributed by atoms with van der Waals surface area (Å²) in [5.74, 6) is 1.48. The van der Waals surface area contributed by atoms with E-state index in [1.165, 1.54) is 19.4 Å². The maximum absolute atomic E-state index is 13.0. The highest BCUT2D eigenvalue weighted by molar-refractivity contribution is 5.95. The normalized spacial score (nSPS) is 29.1. The molecule has 1 amide bonds. The number of hydrogen-bond donors (Lipinski definition) is 1. The van der Waals surface area contributed by atoms with Gasteiger partial charge in [-0.05, 0) is 58.5 Å². The smallest absolute Gasteiger partial charge is 0.257 e. The van der Waals surface area contributed by atoms with Crippen molar-refractivity contribution in [2.24, 2.45) is 5.92 Å². The molecular weight excluding hydrogens is 316 g/mol. The number of piperidine rings is 1. The number of nitrogens with zero attached hydrogens (tertiary/aromatic N) is 3. The lowest BCUT2D eigenvalue weighted by Crippen LogP contribution is -2.48. The fraction of sp³-hybridized carbons (Fsp3) is 0.789. The van der Waals surface area contributed by atoms with Gasteiger partial charge in [0.1, 0.15) is 0 Å². The molecule has 3 fully saturated rings. The predicted octanol–water partition coefficient (Wildman–Crippen LogP) is 2.25. The van der Waals surface area contributed by atoms with Gasteiger partial charge in [-0.2, -0.15) is 5.10 Å². The molecule has 0 radical (unpaired) electrons. The first-order valence-electron chi connectivity index (χ1n) is 9.80. The lowest BCUT2D eigenvalue weighted by Gasteiger charge is -2.36. The first kappa shape index (κ1) is 17.0. The number of aromatic nitrogens is 2. The molecule has 138 valence electrons. The molecule has 2 aliphatic heterocycles. The van der Waals surface area contributed by atoms with Crippen molar-refractivity contribution in [3.63, 3.8) is 0 Å². The molecular formula is C19H30N4O2. The number of carbonyl (C=O) groups is 1. The Hall–Kier alpha value is -1.40. The van der Waals surface area contributed by atoms with E-state index in [-0.39, 0.29) is 18.1 Å². The van der Waals surface area contributed by atoms with Gasteiger partial charge >= 0.3 is 0 Å². The van der Waals surface area contributed by atoms with Crippen molar-refractivity contribution in [3.05, 3.63) is 17.5 Å². The van der Waals surface area contributed by atoms with Gasteiger partial charge in [-0.3, -0.25) is 9.89 Å². The minimum Gasteiger partial charge on any atom is -0.372 e. The predicted molar refractivity (Wildman–Crippen MR) is 95.6 cm³/mol. The molecule has 3 heterocycles. The van der Waals surface area contributed by atoms with E-state index >= 15 is 0 Å². The molecule has 0 spiro atoms. The average Bonchev–Trinajstić information content (AvgIpc) is 3.26. The molecule has 6 heteroatoms. The van der Waals surface area contributed by atoms with E-state index in [1.807, 2.05) is 18.7 Å². The van der Waals surface area contributed by atoms with E-state index in [9.17, 15) is 4.79 Å². The van der Waals surface area contributed by atoms with Gasteiger partial charge < -0.3 is 14.5 Å². The Kier molecular flexibility index (Phi) is 4.82. The van der Waals surface area contributed by atoms with E-state index in [2.05, 4.69) is 15.1 Å². The summed E-state index contributed by atoms with van der Waals surface area (Å²) in [6.45, 7) is 8.93. The molecule has 6 nitrogen and oxygen atoms in total. The lowest BCUT2D eigenvalue weighted by atomic mass is 9.91. The third kappa shape index (κ3) is 3.90. The van der Waals surface area contributed by atoms with Crippen LogP contribution in [-0.4, -0.2) is 70.8 Å². The molecule has 0 unspecified atom stereocenters. The Morgan fingerprint density at radius 1 is 1.20 bits per heavy atom. The highest BCUT2D eigenvalue weighted by atomic mass is 16.5. The number of likely N-dealkylation sites (tertiary alicyclic amines) is 1. The monoisotopic (exact) mass is 346 g/mol. The SMILES string of the molecule is C[C@H]1CN(C(=O)c2cn[nH]c2C2CCN(CC3CC3)CC2)C[C@H](C)O1. The van der Waals surface area contributed by atoms with Crippen molar-refractivity contribution in [3.8, 4) is 0 Å². The Morgan fingerprint density at radius 3 is 2.52 bits per heavy atom. The molecule has 1 N–H and O–H groups in total. The molecule has 3 aliphatic rings. The molecule has 1 aliphatic carbocycles. The summed E-state index contributed by atoms with van der Waals surface area (Å²) in [5.41, 5.74) is 1.81. The minimum absolute atomic E-state index is 0.0914. The van der Waals surface area contributed by atoms with E-state index < -0.39 is 0 Å². The van der Waals surface area contributed by atoms with Crippen LogP contribution in [0, 0.1) is 5.92 Å². The zero-order valence-electron chi connectivity index (χ0n) is 15.4. The van der Waals surface area contributed by atoms with Crippen molar-refractivity contribution in [1.82, 2.24) is 20.0 Å². The van der Waals surface area contributed by atoms with Crippen LogP contribution in [0.4, 0.5) is 0 Å². The number of H-pyrrole nitrogens is 1. The van der Waals surface area contributed by atoms with Crippen LogP contribution in [0.25, 0.3) is 0 Å². The van der Waals surface area contributed by atoms with Crippen LogP contribution in [0.1, 0.15) is 61.5 Å². The van der Waals surface area contributed by atoms with E-state index in [4.69, 9.17) is 4.74 Å². The highest BCUT2D eigenvalue weighted by Gasteiger charge is 2.32. The zero-order chi connectivity index (χ0) is 17.4. The standard InChI is InChI=1S/C19H30N4O2/c1-13-10-23(11-14(2)25-13)19(24)17-9-20-21-18(17)16-5-7-22(8-6-16)12-15-3-4-15/h9,13-16H,3-8,10-12H2,1-2H3,(H,20,21)/t13-,14-/m0/s1. The van der Waals surface area contributed by atoms with Crippen LogP contribution >= 0.6 is 0 Å². The van der Waals surface area contributed by atoms with Gasteiger partial charge in [0, 0.05) is 25.6 Å². The summed E-state index contributed by atoms with van der Waals surface area (Å²) in [7, 11) is 0. The number of aromatic amines is 1. The van der Waals surface area contributed by atoms with E-state index in [1.54, 1.807) is 6.20 Å². The van der Waals surface area contributed by atoms with Crippen molar-refractivity contribution in [1.29, 1.82) is 0 Å². The molecule has 2 atom stereocenters. The van der Waals surface area contributed by atoms with Gasteiger partial charge in [-0.15, -0.1) is 0 Å². The van der Waals surface area contributed by atoms with E-state index in [0.717, 1.165) is 43.1 Å². The summed E-state index contributed by atoms with van der Waals surface area (Å²) < 4.78 is 5.76. The quantitative estimate of drug-likeness (QED) is 0.908. The topological polar surface area (TPSA) is 61.5 Å². The molecule has 4 rings (SSSR count). The van der Waals surface area contributed by atoms with Crippen molar-refractivity contribution < 1.29 is 9.53 Å². The molecule has 25 heavy (non-hydrogen) atoms. The summed E-state index contributed by atoms with van der Waals surface area (Å²) in [6.07, 6.45) is 6.96. The largest absolute Gasteiger partial charge is 0.372 e. The molecule has 1 aromatic rings. The van der Waals surface area contributed by atoms with Gasteiger partial charge in [0.25, 0.3) is 5.91 Å². The number of rotatable bonds is 4. The van der Waals surface area contributed by atoms with Crippen molar-refractivity contribution >= 4 is 5.91 Å². The van der Waals surface area contributed by atoms with Crippen LogP contribution in [0.3, 0.4) is 0 Å². The maximum Gasteiger partial charge on any atom is 0.257 e. The van der Waals surface area contributed by atoms with Crippen LogP contribution in [0.5, 0.6) is 0 Å². The van der Waals surface area contributed by atoms with Gasteiger partial charge in [0.2, 0.25) is 0 Å². The zero-order valence-corrected chi connectivity index (χ0v) is 15.4. The number of hydrogen-bond acceptors (Lipinski definition) is 4. The fourth-order valence-electron chi connectivity index (χ4n) is 4.36. The lowest BCUT2D eigenvalue weighted by molar-refractivity contribution is -0.0586. The Morgan fingerprint density at radius 2 is 1.88 bits per heavy atom. The number of carbonyl (C=O) groups excluding carboxylic acids is 1. The third-order valence-corrected chi connectivity index (χ3v) is 5.82. The highest BCUT2D eigenvalue weighted by Crippen LogP contribution is 2.34. The average molecular weight is 346 g/mol. The number of nitrogens with one attached hydrogen (secondary N) is 1. The Labute approximate surface area is 149 Å². The second-order valence-corrected chi connectivity index (χ2v) is 8.18. The third-order valence-electron chi connectivity index (χ3n) is 5.82. The second kappa shape index (κ2) is 7.08. The fourth-order valence-corrected chi connectivity index (χ4v) is 4.36. The van der Waals surface area contributed by atoms with Crippen LogP contribution < -0.4 is 0 Å². The summed E-state index contributed by atoms with van der Waals surface area (Å²) in [4.78, 5) is 17.6.